The van der Waals surface area contributed by atoms with Gasteiger partial charge >= 0.3 is 0 Å². The van der Waals surface area contributed by atoms with Crippen molar-refractivity contribution < 1.29 is 9.59 Å². The van der Waals surface area contributed by atoms with Crippen molar-refractivity contribution in [2.75, 3.05) is 5.32 Å². The average molecular weight is 334 g/mol. The number of carbonyl (C=O) groups is 2. The van der Waals surface area contributed by atoms with Gasteiger partial charge in [-0.2, -0.15) is 0 Å². The summed E-state index contributed by atoms with van der Waals surface area (Å²) >= 11 is 1.51. The minimum atomic E-state index is -0.217. The molecule has 0 radical (unpaired) electrons. The average Bonchev–Trinajstić information content (AvgIpc) is 3.12. The molecule has 1 aromatic heterocycles. The molecule has 118 valence electrons. The van der Waals surface area contributed by atoms with Gasteiger partial charge in [0.25, 0.3) is 5.91 Å². The third-order valence-corrected chi connectivity index (χ3v) is 5.07. The van der Waals surface area contributed by atoms with Gasteiger partial charge in [0.05, 0.1) is 5.69 Å². The number of nitrogens with zero attached hydrogens (tertiary/aromatic N) is 1. The fraction of sp³-hybridized carbons (Fsp3) is 0.105. The zero-order valence-corrected chi connectivity index (χ0v) is 13.8. The molecule has 0 unspecified atom stereocenters. The summed E-state index contributed by atoms with van der Waals surface area (Å²) in [5.41, 5.74) is 4.50. The molecular formula is C19H14N2O2S. The highest BCUT2D eigenvalue weighted by atomic mass is 32.1. The predicted octanol–water partition coefficient (Wildman–Crippen LogP) is 4.17. The van der Waals surface area contributed by atoms with Gasteiger partial charge < -0.3 is 0 Å². The number of benzene rings is 2. The number of anilines is 1. The maximum atomic E-state index is 12.3. The van der Waals surface area contributed by atoms with E-state index in [1.165, 1.54) is 28.7 Å². The monoisotopic (exact) mass is 334 g/mol. The molecule has 4 rings (SSSR count). The number of hydrogen-bond acceptors (Lipinski definition) is 4. The van der Waals surface area contributed by atoms with Crippen molar-refractivity contribution in [1.29, 1.82) is 0 Å². The van der Waals surface area contributed by atoms with E-state index in [-0.39, 0.29) is 11.7 Å². The van der Waals surface area contributed by atoms with Crippen molar-refractivity contribution in [3.8, 4) is 11.3 Å². The van der Waals surface area contributed by atoms with Crippen LogP contribution < -0.4 is 5.32 Å². The molecule has 5 heteroatoms. The van der Waals surface area contributed by atoms with Crippen LogP contribution in [0.3, 0.4) is 0 Å². The molecule has 1 aliphatic rings. The summed E-state index contributed by atoms with van der Waals surface area (Å²) in [6.07, 6.45) is 0.867. The fourth-order valence-corrected chi connectivity index (χ4v) is 3.83. The lowest BCUT2D eigenvalue weighted by atomic mass is 10.1. The summed E-state index contributed by atoms with van der Waals surface area (Å²) in [6, 6.07) is 14.8. The molecule has 0 saturated heterocycles. The largest absolute Gasteiger partial charge is 0.298 e. The topological polar surface area (TPSA) is 59.1 Å². The van der Waals surface area contributed by atoms with Crippen molar-refractivity contribution in [3.05, 3.63) is 70.1 Å². The molecule has 0 bridgehead atoms. The van der Waals surface area contributed by atoms with Crippen LogP contribution >= 0.6 is 11.3 Å². The molecule has 0 saturated carbocycles. The van der Waals surface area contributed by atoms with Gasteiger partial charge in [0.15, 0.2) is 10.9 Å². The number of amides is 1. The van der Waals surface area contributed by atoms with Crippen LogP contribution in [-0.4, -0.2) is 16.7 Å². The van der Waals surface area contributed by atoms with Crippen LogP contribution in [0.1, 0.15) is 38.1 Å². The van der Waals surface area contributed by atoms with Crippen LogP contribution in [0.15, 0.2) is 48.5 Å². The van der Waals surface area contributed by atoms with Gasteiger partial charge in [0, 0.05) is 28.0 Å². The molecule has 1 amide bonds. The molecule has 0 aliphatic heterocycles. The van der Waals surface area contributed by atoms with Crippen molar-refractivity contribution in [2.45, 2.75) is 13.3 Å². The Balaban J connectivity index is 1.55. The zero-order valence-electron chi connectivity index (χ0n) is 13.0. The van der Waals surface area contributed by atoms with E-state index in [9.17, 15) is 9.59 Å². The molecule has 1 heterocycles. The molecule has 4 nitrogen and oxygen atoms in total. The Morgan fingerprint density at radius 3 is 2.50 bits per heavy atom. The van der Waals surface area contributed by atoms with Crippen LogP contribution in [-0.2, 0) is 6.42 Å². The molecule has 0 fully saturated rings. The molecule has 24 heavy (non-hydrogen) atoms. The Morgan fingerprint density at radius 1 is 1.04 bits per heavy atom. The maximum absolute atomic E-state index is 12.3. The van der Waals surface area contributed by atoms with E-state index in [1.54, 1.807) is 24.3 Å². The van der Waals surface area contributed by atoms with Gasteiger partial charge in [0.1, 0.15) is 0 Å². The summed E-state index contributed by atoms with van der Waals surface area (Å²) < 4.78 is 0. The molecule has 2 aromatic carbocycles. The minimum Gasteiger partial charge on any atom is -0.298 e. The van der Waals surface area contributed by atoms with Gasteiger partial charge in [-0.1, -0.05) is 36.4 Å². The van der Waals surface area contributed by atoms with E-state index < -0.39 is 0 Å². The van der Waals surface area contributed by atoms with Crippen molar-refractivity contribution in [3.63, 3.8) is 0 Å². The standard InChI is InChI=1S/C19H14N2O2S/c1-11(22)12-6-8-13(9-7-12)18(23)21-19-20-17-15-5-3-2-4-14(15)10-16(17)24-19/h2-9H,10H2,1H3,(H,20,21,23). The Morgan fingerprint density at radius 2 is 1.75 bits per heavy atom. The Bertz CT molecular complexity index is 958. The molecule has 1 N–H and O–H groups in total. The third-order valence-electron chi connectivity index (χ3n) is 4.09. The second-order valence-electron chi connectivity index (χ2n) is 5.71. The van der Waals surface area contributed by atoms with Crippen LogP contribution in [0, 0.1) is 0 Å². The minimum absolute atomic E-state index is 0.0167. The van der Waals surface area contributed by atoms with E-state index in [2.05, 4.69) is 22.4 Å². The van der Waals surface area contributed by atoms with Crippen LogP contribution in [0.2, 0.25) is 0 Å². The smallest absolute Gasteiger partial charge is 0.257 e. The number of carbonyl (C=O) groups excluding carboxylic acids is 2. The van der Waals surface area contributed by atoms with E-state index in [0.717, 1.165) is 17.7 Å². The van der Waals surface area contributed by atoms with Crippen LogP contribution in [0.4, 0.5) is 5.13 Å². The lowest BCUT2D eigenvalue weighted by molar-refractivity contribution is 0.100. The number of rotatable bonds is 3. The summed E-state index contributed by atoms with van der Waals surface area (Å²) in [7, 11) is 0. The van der Waals surface area contributed by atoms with Crippen LogP contribution in [0.5, 0.6) is 0 Å². The highest BCUT2D eigenvalue weighted by Crippen LogP contribution is 2.40. The lowest BCUT2D eigenvalue weighted by Crippen LogP contribution is -2.11. The van der Waals surface area contributed by atoms with Gasteiger partial charge in [-0.25, -0.2) is 4.98 Å². The summed E-state index contributed by atoms with van der Waals surface area (Å²) in [5, 5.41) is 3.46. The molecule has 1 aliphatic carbocycles. The van der Waals surface area contributed by atoms with E-state index in [0.29, 0.717) is 16.3 Å². The highest BCUT2D eigenvalue weighted by molar-refractivity contribution is 7.16. The summed E-state index contributed by atoms with van der Waals surface area (Å²) in [4.78, 5) is 29.4. The number of fused-ring (bicyclic) bond motifs is 3. The first-order valence-corrected chi connectivity index (χ1v) is 8.44. The summed E-state index contributed by atoms with van der Waals surface area (Å²) in [6.45, 7) is 1.50. The number of Topliss-reactive ketones (excluding diaryl/α,β-unsaturated/α-hetero) is 1. The number of ketones is 1. The van der Waals surface area contributed by atoms with Gasteiger partial charge in [0.2, 0.25) is 0 Å². The number of hydrogen-bond donors (Lipinski definition) is 1. The molecule has 0 atom stereocenters. The zero-order chi connectivity index (χ0) is 16.7. The highest BCUT2D eigenvalue weighted by Gasteiger charge is 2.23. The molecular weight excluding hydrogens is 320 g/mol. The first-order valence-electron chi connectivity index (χ1n) is 7.62. The number of nitrogens with one attached hydrogen (secondary N) is 1. The lowest BCUT2D eigenvalue weighted by Gasteiger charge is -2.03. The SMILES string of the molecule is CC(=O)c1ccc(C(=O)Nc2nc3c(s2)Cc2ccccc2-3)cc1. The maximum Gasteiger partial charge on any atom is 0.257 e. The third kappa shape index (κ3) is 2.53. The van der Waals surface area contributed by atoms with Crippen molar-refractivity contribution >= 4 is 28.2 Å². The van der Waals surface area contributed by atoms with E-state index >= 15 is 0 Å². The Kier molecular flexibility index (Phi) is 3.50. The van der Waals surface area contributed by atoms with Gasteiger partial charge in [-0.05, 0) is 24.6 Å². The Hall–Kier alpha value is -2.79. The number of aromatic nitrogens is 1. The van der Waals surface area contributed by atoms with Crippen molar-refractivity contribution in [1.82, 2.24) is 4.98 Å². The normalized spacial score (nSPS) is 11.7. The van der Waals surface area contributed by atoms with Crippen molar-refractivity contribution in [2.24, 2.45) is 0 Å². The summed E-state index contributed by atoms with van der Waals surface area (Å²) in [5.74, 6) is -0.234. The number of thiazole rings is 1. The molecule has 0 spiro atoms. The fourth-order valence-electron chi connectivity index (χ4n) is 2.84. The van der Waals surface area contributed by atoms with Crippen LogP contribution in [0.25, 0.3) is 11.3 Å². The van der Waals surface area contributed by atoms with E-state index in [1.807, 2.05) is 12.1 Å². The Labute approximate surface area is 143 Å². The van der Waals surface area contributed by atoms with E-state index in [4.69, 9.17) is 0 Å². The van der Waals surface area contributed by atoms with Gasteiger partial charge in [-0.3, -0.25) is 14.9 Å². The first-order chi connectivity index (χ1) is 11.6. The predicted molar refractivity (Wildman–Crippen MR) is 94.8 cm³/mol. The quantitative estimate of drug-likeness (QED) is 0.572. The first kappa shape index (κ1) is 14.8. The van der Waals surface area contributed by atoms with Gasteiger partial charge in [-0.15, -0.1) is 11.3 Å². The second-order valence-corrected chi connectivity index (χ2v) is 6.80. The second kappa shape index (κ2) is 5.69. The molecule has 3 aromatic rings.